The van der Waals surface area contributed by atoms with Crippen molar-refractivity contribution in [3.63, 3.8) is 0 Å². The van der Waals surface area contributed by atoms with Crippen LogP contribution in [0.2, 0.25) is 0 Å². The zero-order valence-corrected chi connectivity index (χ0v) is 6.94. The van der Waals surface area contributed by atoms with Gasteiger partial charge < -0.3 is 4.90 Å². The minimum atomic E-state index is 0. The van der Waals surface area contributed by atoms with Crippen molar-refractivity contribution in [1.29, 1.82) is 0 Å². The number of allylic oxidation sites excluding steroid dienone is 1. The van der Waals surface area contributed by atoms with E-state index in [-0.39, 0.29) is 18.9 Å². The van der Waals surface area contributed by atoms with E-state index < -0.39 is 0 Å². The summed E-state index contributed by atoms with van der Waals surface area (Å²) in [6, 6.07) is 0. The Bertz CT molecular complexity index is 86.9. The van der Waals surface area contributed by atoms with Crippen LogP contribution >= 0.6 is 0 Å². The quantitative estimate of drug-likeness (QED) is 0.310. The van der Waals surface area contributed by atoms with Gasteiger partial charge in [-0.1, -0.05) is 0 Å². The fourth-order valence-corrected chi connectivity index (χ4v) is 0.563. The number of likely N-dealkylation sites (N-methyl/N-ethyl adjacent to an activating group) is 1. The van der Waals surface area contributed by atoms with Gasteiger partial charge in [-0.15, -0.1) is 6.92 Å². The van der Waals surface area contributed by atoms with Crippen molar-refractivity contribution in [3.8, 4) is 0 Å². The summed E-state index contributed by atoms with van der Waals surface area (Å²) in [5, 5.41) is 0. The molecule has 2 heteroatoms. The van der Waals surface area contributed by atoms with Gasteiger partial charge in [0.05, 0.1) is 0 Å². The van der Waals surface area contributed by atoms with E-state index in [1.807, 2.05) is 20.2 Å². The van der Waals surface area contributed by atoms with Crippen molar-refractivity contribution in [3.05, 3.63) is 18.6 Å². The molecular formula is C7H14LiN. The molecule has 48 valence electrons. The number of hydrogen-bond donors (Lipinski definition) is 0. The predicted octanol–water partition coefficient (Wildman–Crippen LogP) is -1.67. The van der Waals surface area contributed by atoms with Gasteiger partial charge in [-0.3, -0.25) is 0 Å². The molecule has 0 amide bonds. The Morgan fingerprint density at radius 1 is 1.56 bits per heavy atom. The maximum atomic E-state index is 3.65. The fraction of sp³-hybridized carbons (Fsp3) is 0.571. The van der Waals surface area contributed by atoms with Crippen LogP contribution in [0.15, 0.2) is 11.6 Å². The molecule has 0 rings (SSSR count). The van der Waals surface area contributed by atoms with E-state index in [9.17, 15) is 0 Å². The Balaban J connectivity index is 0. The normalized spacial score (nSPS) is 11.3. The minimum Gasteiger partial charge on any atom is -0.322 e. The molecule has 0 spiro atoms. The molecule has 0 atom stereocenters. The van der Waals surface area contributed by atoms with Gasteiger partial charge in [0, 0.05) is 0 Å². The number of nitrogens with zero attached hydrogens (tertiary/aromatic N) is 1. The van der Waals surface area contributed by atoms with Crippen molar-refractivity contribution in [2.24, 2.45) is 0 Å². The molecule has 0 radical (unpaired) electrons. The first-order chi connectivity index (χ1) is 3.66. The van der Waals surface area contributed by atoms with Crippen LogP contribution < -0.4 is 18.9 Å². The molecule has 0 fully saturated rings. The molecule has 0 aliphatic rings. The molecule has 0 aliphatic heterocycles. The van der Waals surface area contributed by atoms with Crippen LogP contribution in [0.5, 0.6) is 0 Å². The summed E-state index contributed by atoms with van der Waals surface area (Å²) in [5.41, 5.74) is 1.31. The third-order valence-corrected chi connectivity index (χ3v) is 0.914. The van der Waals surface area contributed by atoms with E-state index in [2.05, 4.69) is 18.7 Å². The Hall–Kier alpha value is 0.167. The molecule has 0 heterocycles. The third kappa shape index (κ3) is 8.17. The average Bonchev–Trinajstić information content (AvgIpc) is 1.65. The smallest absolute Gasteiger partial charge is 0.322 e. The van der Waals surface area contributed by atoms with Crippen LogP contribution in [-0.2, 0) is 0 Å². The molecule has 0 saturated heterocycles. The Morgan fingerprint density at radius 2 is 2.00 bits per heavy atom. The second-order valence-electron chi connectivity index (χ2n) is 2.29. The van der Waals surface area contributed by atoms with Gasteiger partial charge in [-0.05, 0) is 20.6 Å². The minimum absolute atomic E-state index is 0. The van der Waals surface area contributed by atoms with Crippen LogP contribution in [-0.4, -0.2) is 25.5 Å². The summed E-state index contributed by atoms with van der Waals surface area (Å²) in [6.07, 6.45) is 1.89. The van der Waals surface area contributed by atoms with Crippen LogP contribution in [0.25, 0.3) is 0 Å². The summed E-state index contributed by atoms with van der Waals surface area (Å²) in [5.74, 6) is 0. The Labute approximate surface area is 70.3 Å². The molecule has 0 aliphatic carbocycles. The first kappa shape index (κ1) is 11.9. The van der Waals surface area contributed by atoms with E-state index in [1.54, 1.807) is 0 Å². The molecule has 1 nitrogen and oxygen atoms in total. The van der Waals surface area contributed by atoms with Crippen molar-refractivity contribution in [2.45, 2.75) is 6.92 Å². The first-order valence-electron chi connectivity index (χ1n) is 2.76. The molecule has 9 heavy (non-hydrogen) atoms. The molecule has 0 bridgehead atoms. The van der Waals surface area contributed by atoms with E-state index >= 15 is 0 Å². The van der Waals surface area contributed by atoms with Crippen LogP contribution in [0, 0.1) is 6.92 Å². The van der Waals surface area contributed by atoms with Crippen molar-refractivity contribution in [1.82, 2.24) is 4.90 Å². The standard InChI is InChI=1S/C7H14N.Li/c1-5-7(2)6-8(3)4;/h5H,1,6H2,2-4H3;/q-1;+1. The van der Waals surface area contributed by atoms with Crippen LogP contribution in [0.4, 0.5) is 0 Å². The number of hydrogen-bond acceptors (Lipinski definition) is 1. The van der Waals surface area contributed by atoms with E-state index in [4.69, 9.17) is 0 Å². The Kier molecular flexibility index (Phi) is 8.32. The average molecular weight is 119 g/mol. The Morgan fingerprint density at radius 3 is 2.11 bits per heavy atom. The zero-order chi connectivity index (χ0) is 6.57. The summed E-state index contributed by atoms with van der Waals surface area (Å²) in [7, 11) is 4.10. The molecule has 0 unspecified atom stereocenters. The monoisotopic (exact) mass is 119 g/mol. The van der Waals surface area contributed by atoms with Crippen molar-refractivity contribution < 1.29 is 18.9 Å². The summed E-state index contributed by atoms with van der Waals surface area (Å²) >= 11 is 0. The summed E-state index contributed by atoms with van der Waals surface area (Å²) in [6.45, 7) is 6.74. The topological polar surface area (TPSA) is 3.24 Å². The van der Waals surface area contributed by atoms with Gasteiger partial charge in [0.2, 0.25) is 0 Å². The zero-order valence-electron chi connectivity index (χ0n) is 6.94. The maximum Gasteiger partial charge on any atom is 1.00 e. The van der Waals surface area contributed by atoms with Gasteiger partial charge in [-0.2, -0.15) is 0 Å². The van der Waals surface area contributed by atoms with Gasteiger partial charge in [0.1, 0.15) is 0 Å². The second-order valence-corrected chi connectivity index (χ2v) is 2.29. The van der Waals surface area contributed by atoms with Gasteiger partial charge in [0.25, 0.3) is 0 Å². The molecule has 0 saturated carbocycles. The largest absolute Gasteiger partial charge is 1.00 e. The van der Waals surface area contributed by atoms with E-state index in [0.717, 1.165) is 6.54 Å². The van der Waals surface area contributed by atoms with E-state index in [1.165, 1.54) is 5.57 Å². The number of rotatable bonds is 2. The summed E-state index contributed by atoms with van der Waals surface area (Å²) in [4.78, 5) is 2.12. The molecule has 0 aromatic carbocycles. The molecule has 0 aromatic rings. The van der Waals surface area contributed by atoms with Gasteiger partial charge in [-0.25, -0.2) is 18.6 Å². The summed E-state index contributed by atoms with van der Waals surface area (Å²) < 4.78 is 0. The maximum absolute atomic E-state index is 3.65. The first-order valence-corrected chi connectivity index (χ1v) is 2.76. The fourth-order valence-electron chi connectivity index (χ4n) is 0.563. The second kappa shape index (κ2) is 6.29. The SMILES string of the molecule is [CH2-]C=C(C)CN(C)C.[Li+]. The molecular weight excluding hydrogens is 105 g/mol. The molecule has 0 N–H and O–H groups in total. The van der Waals surface area contributed by atoms with Crippen molar-refractivity contribution in [2.75, 3.05) is 20.6 Å². The van der Waals surface area contributed by atoms with Crippen LogP contribution in [0.3, 0.4) is 0 Å². The third-order valence-electron chi connectivity index (χ3n) is 0.914. The van der Waals surface area contributed by atoms with Crippen molar-refractivity contribution >= 4 is 0 Å². The van der Waals surface area contributed by atoms with Crippen LogP contribution in [0.1, 0.15) is 6.92 Å². The predicted molar refractivity (Wildman–Crippen MR) is 37.7 cm³/mol. The van der Waals surface area contributed by atoms with Gasteiger partial charge >= 0.3 is 18.9 Å². The van der Waals surface area contributed by atoms with E-state index in [0.29, 0.717) is 0 Å². The molecule has 0 aromatic heterocycles. The van der Waals surface area contributed by atoms with Gasteiger partial charge in [0.15, 0.2) is 0 Å².